The van der Waals surface area contributed by atoms with E-state index in [1.54, 1.807) is 0 Å². The molecular formula is C11H22N2O2. The molecule has 4 nitrogen and oxygen atoms in total. The van der Waals surface area contributed by atoms with Gasteiger partial charge < -0.3 is 15.3 Å². The lowest BCUT2D eigenvalue weighted by Crippen LogP contribution is -2.44. The predicted molar refractivity (Wildman–Crippen MR) is 59.9 cm³/mol. The summed E-state index contributed by atoms with van der Waals surface area (Å²) in [7, 11) is 0. The van der Waals surface area contributed by atoms with Gasteiger partial charge >= 0.3 is 5.97 Å². The van der Waals surface area contributed by atoms with Gasteiger partial charge in [0.15, 0.2) is 0 Å². The number of carbonyl (C=O) groups is 1. The van der Waals surface area contributed by atoms with E-state index in [1.807, 2.05) is 0 Å². The summed E-state index contributed by atoms with van der Waals surface area (Å²) in [5, 5.41) is 11.6. The van der Waals surface area contributed by atoms with E-state index in [4.69, 9.17) is 5.11 Å². The molecule has 1 aliphatic heterocycles. The molecule has 0 aromatic rings. The minimum absolute atomic E-state index is 0.0921. The van der Waals surface area contributed by atoms with Gasteiger partial charge in [0.25, 0.3) is 0 Å². The van der Waals surface area contributed by atoms with Gasteiger partial charge in [-0.05, 0) is 31.8 Å². The maximum atomic E-state index is 10.4. The summed E-state index contributed by atoms with van der Waals surface area (Å²) in [4.78, 5) is 12.8. The topological polar surface area (TPSA) is 52.6 Å². The molecule has 2 N–H and O–H groups in total. The molecule has 4 heteroatoms. The summed E-state index contributed by atoms with van der Waals surface area (Å²) >= 11 is 0. The maximum Gasteiger partial charge on any atom is 0.317 e. The van der Waals surface area contributed by atoms with Gasteiger partial charge in [-0.15, -0.1) is 0 Å². The summed E-state index contributed by atoms with van der Waals surface area (Å²) in [5.74, 6) is -0.0480. The average Bonchev–Trinajstić information content (AvgIpc) is 2.16. The molecule has 0 bridgehead atoms. The van der Waals surface area contributed by atoms with Crippen molar-refractivity contribution in [1.29, 1.82) is 0 Å². The Morgan fingerprint density at radius 3 is 2.53 bits per heavy atom. The van der Waals surface area contributed by atoms with Crippen LogP contribution < -0.4 is 5.32 Å². The van der Waals surface area contributed by atoms with Crippen molar-refractivity contribution in [3.8, 4) is 0 Å². The monoisotopic (exact) mass is 214 g/mol. The lowest BCUT2D eigenvalue weighted by molar-refractivity contribution is -0.136. The first-order chi connectivity index (χ1) is 7.08. The van der Waals surface area contributed by atoms with Gasteiger partial charge in [0, 0.05) is 12.6 Å². The summed E-state index contributed by atoms with van der Waals surface area (Å²) < 4.78 is 0. The molecule has 0 unspecified atom stereocenters. The number of hydrogen-bond acceptors (Lipinski definition) is 3. The van der Waals surface area contributed by atoms with Crippen LogP contribution in [0.3, 0.4) is 0 Å². The number of carboxylic acids is 1. The van der Waals surface area contributed by atoms with Gasteiger partial charge in [-0.3, -0.25) is 4.79 Å². The van der Waals surface area contributed by atoms with E-state index in [-0.39, 0.29) is 6.54 Å². The standard InChI is InChI=1S/C11H22N2O2/c1-9(2)8-13-5-3-10(4-6-13)12-7-11(14)15/h9-10,12H,3-8H2,1-2H3,(H,14,15). The molecule has 1 fully saturated rings. The van der Waals surface area contributed by atoms with Gasteiger partial charge in [-0.1, -0.05) is 13.8 Å². The van der Waals surface area contributed by atoms with Crippen LogP contribution in [-0.2, 0) is 4.79 Å². The van der Waals surface area contributed by atoms with Gasteiger partial charge in [0.2, 0.25) is 0 Å². The fraction of sp³-hybridized carbons (Fsp3) is 0.909. The molecule has 1 heterocycles. The molecule has 1 saturated heterocycles. The molecule has 0 amide bonds. The van der Waals surface area contributed by atoms with Crippen molar-refractivity contribution >= 4 is 5.97 Å². The third kappa shape index (κ3) is 5.14. The lowest BCUT2D eigenvalue weighted by Gasteiger charge is -2.33. The number of carboxylic acid groups (broad SMARTS) is 1. The number of likely N-dealkylation sites (tertiary alicyclic amines) is 1. The molecule has 0 aliphatic carbocycles. The molecule has 15 heavy (non-hydrogen) atoms. The molecule has 1 aliphatic rings. The van der Waals surface area contributed by atoms with Crippen molar-refractivity contribution in [2.75, 3.05) is 26.2 Å². The van der Waals surface area contributed by atoms with Crippen molar-refractivity contribution in [1.82, 2.24) is 10.2 Å². The minimum Gasteiger partial charge on any atom is -0.480 e. The van der Waals surface area contributed by atoms with Gasteiger partial charge in [0.05, 0.1) is 6.54 Å². The van der Waals surface area contributed by atoms with E-state index in [9.17, 15) is 4.79 Å². The first-order valence-electron chi connectivity index (χ1n) is 5.75. The molecule has 0 saturated carbocycles. The molecule has 0 spiro atoms. The number of nitrogens with zero attached hydrogens (tertiary/aromatic N) is 1. The number of hydrogen-bond donors (Lipinski definition) is 2. The second-order valence-corrected chi connectivity index (χ2v) is 4.74. The van der Waals surface area contributed by atoms with Gasteiger partial charge in [-0.25, -0.2) is 0 Å². The van der Waals surface area contributed by atoms with Crippen LogP contribution in [0.1, 0.15) is 26.7 Å². The van der Waals surface area contributed by atoms with E-state index in [2.05, 4.69) is 24.1 Å². The number of nitrogens with one attached hydrogen (secondary N) is 1. The second kappa shape index (κ2) is 6.08. The Hall–Kier alpha value is -0.610. The Morgan fingerprint density at radius 1 is 1.47 bits per heavy atom. The third-order valence-corrected chi connectivity index (χ3v) is 2.75. The van der Waals surface area contributed by atoms with Crippen LogP contribution in [0.5, 0.6) is 0 Å². The smallest absolute Gasteiger partial charge is 0.317 e. The fourth-order valence-electron chi connectivity index (χ4n) is 2.07. The number of piperidine rings is 1. The Bertz CT molecular complexity index is 199. The number of aliphatic carboxylic acids is 1. The highest BCUT2D eigenvalue weighted by Gasteiger charge is 2.19. The van der Waals surface area contributed by atoms with E-state index >= 15 is 0 Å². The molecular weight excluding hydrogens is 192 g/mol. The largest absolute Gasteiger partial charge is 0.480 e. The van der Waals surface area contributed by atoms with Gasteiger partial charge in [0.1, 0.15) is 0 Å². The molecule has 0 atom stereocenters. The highest BCUT2D eigenvalue weighted by atomic mass is 16.4. The van der Waals surface area contributed by atoms with E-state index in [0.29, 0.717) is 12.0 Å². The first-order valence-corrected chi connectivity index (χ1v) is 5.75. The quantitative estimate of drug-likeness (QED) is 0.710. The fourth-order valence-corrected chi connectivity index (χ4v) is 2.07. The van der Waals surface area contributed by atoms with E-state index < -0.39 is 5.97 Å². The Labute approximate surface area is 91.6 Å². The lowest BCUT2D eigenvalue weighted by atomic mass is 10.0. The van der Waals surface area contributed by atoms with Crippen molar-refractivity contribution in [3.63, 3.8) is 0 Å². The highest BCUT2D eigenvalue weighted by Crippen LogP contribution is 2.11. The maximum absolute atomic E-state index is 10.4. The zero-order valence-corrected chi connectivity index (χ0v) is 9.70. The summed E-state index contributed by atoms with van der Waals surface area (Å²) in [5.41, 5.74) is 0. The van der Waals surface area contributed by atoms with Crippen molar-refractivity contribution < 1.29 is 9.90 Å². The normalized spacial score (nSPS) is 19.7. The van der Waals surface area contributed by atoms with Crippen LogP contribution in [-0.4, -0.2) is 48.2 Å². The summed E-state index contributed by atoms with van der Waals surface area (Å²) in [6, 6.07) is 0.393. The van der Waals surface area contributed by atoms with Gasteiger partial charge in [-0.2, -0.15) is 0 Å². The molecule has 0 radical (unpaired) electrons. The van der Waals surface area contributed by atoms with E-state index in [1.165, 1.54) is 0 Å². The molecule has 0 aromatic heterocycles. The average molecular weight is 214 g/mol. The van der Waals surface area contributed by atoms with E-state index in [0.717, 1.165) is 32.5 Å². The van der Waals surface area contributed by atoms with Crippen LogP contribution in [0.4, 0.5) is 0 Å². The first kappa shape index (κ1) is 12.5. The van der Waals surface area contributed by atoms with Crippen LogP contribution in [0, 0.1) is 5.92 Å². The van der Waals surface area contributed by atoms with Crippen molar-refractivity contribution in [3.05, 3.63) is 0 Å². The summed E-state index contributed by atoms with van der Waals surface area (Å²) in [6.07, 6.45) is 2.14. The predicted octanol–water partition coefficient (Wildman–Crippen LogP) is 0.781. The number of rotatable bonds is 5. The minimum atomic E-state index is -0.764. The highest BCUT2D eigenvalue weighted by molar-refractivity contribution is 5.69. The second-order valence-electron chi connectivity index (χ2n) is 4.74. The SMILES string of the molecule is CC(C)CN1CCC(NCC(=O)O)CC1. The molecule has 88 valence electrons. The summed E-state index contributed by atoms with van der Waals surface area (Å²) in [6.45, 7) is 7.90. The van der Waals surface area contributed by atoms with Crippen molar-refractivity contribution in [2.45, 2.75) is 32.7 Å². The van der Waals surface area contributed by atoms with Crippen LogP contribution >= 0.6 is 0 Å². The van der Waals surface area contributed by atoms with Crippen molar-refractivity contribution in [2.24, 2.45) is 5.92 Å². The molecule has 0 aromatic carbocycles. The molecule has 1 rings (SSSR count). The van der Waals surface area contributed by atoms with Crippen LogP contribution in [0.15, 0.2) is 0 Å². The zero-order valence-electron chi connectivity index (χ0n) is 9.70. The third-order valence-electron chi connectivity index (χ3n) is 2.75. The Morgan fingerprint density at radius 2 is 2.07 bits per heavy atom. The van der Waals surface area contributed by atoms with Crippen LogP contribution in [0.25, 0.3) is 0 Å². The Balaban J connectivity index is 2.15. The zero-order chi connectivity index (χ0) is 11.3. The van der Waals surface area contributed by atoms with Crippen LogP contribution in [0.2, 0.25) is 0 Å². The Kier molecular flexibility index (Phi) is 5.05.